The summed E-state index contributed by atoms with van der Waals surface area (Å²) in [4.78, 5) is 14.6. The van der Waals surface area contributed by atoms with Gasteiger partial charge in [0.05, 0.1) is 0 Å². The second kappa shape index (κ2) is 8.08. The molecular formula is C20H23NO3. The average molecular weight is 325 g/mol. The van der Waals surface area contributed by atoms with Gasteiger partial charge in [-0.15, -0.1) is 0 Å². The molecule has 0 amide bonds. The number of ketones is 1. The number of carbonyl (C=O) groups is 1. The van der Waals surface area contributed by atoms with E-state index in [9.17, 15) is 9.90 Å². The molecule has 1 heterocycles. The third-order valence-electron chi connectivity index (χ3n) is 4.26. The Hall–Kier alpha value is -2.17. The minimum atomic E-state index is -0.492. The maximum Gasteiger partial charge on any atom is 0.193 e. The molecule has 0 aromatic heterocycles. The van der Waals surface area contributed by atoms with Crippen molar-refractivity contribution in [2.75, 3.05) is 26.2 Å². The normalized spacial score (nSPS) is 16.0. The van der Waals surface area contributed by atoms with Crippen LogP contribution in [0, 0.1) is 0 Å². The molecule has 4 nitrogen and oxygen atoms in total. The Balaban J connectivity index is 1.52. The molecule has 1 aliphatic rings. The number of likely N-dealkylation sites (tertiary alicyclic amines) is 1. The van der Waals surface area contributed by atoms with Gasteiger partial charge in [0.25, 0.3) is 0 Å². The van der Waals surface area contributed by atoms with Crippen molar-refractivity contribution in [2.24, 2.45) is 0 Å². The van der Waals surface area contributed by atoms with Gasteiger partial charge in [-0.1, -0.05) is 30.3 Å². The fraction of sp³-hybridized carbons (Fsp3) is 0.350. The fourth-order valence-corrected chi connectivity index (χ4v) is 2.97. The molecule has 1 atom stereocenters. The molecule has 1 N–H and O–H groups in total. The van der Waals surface area contributed by atoms with Crippen LogP contribution in [0.15, 0.2) is 54.6 Å². The van der Waals surface area contributed by atoms with Crippen LogP contribution in [0.25, 0.3) is 0 Å². The zero-order chi connectivity index (χ0) is 16.8. The Morgan fingerprint density at radius 1 is 1.00 bits per heavy atom. The van der Waals surface area contributed by atoms with Crippen LogP contribution in [0.1, 0.15) is 28.8 Å². The van der Waals surface area contributed by atoms with Gasteiger partial charge in [0.15, 0.2) is 5.78 Å². The molecule has 4 heteroatoms. The van der Waals surface area contributed by atoms with E-state index in [0.717, 1.165) is 13.1 Å². The summed E-state index contributed by atoms with van der Waals surface area (Å²) in [6.07, 6.45) is 1.93. The summed E-state index contributed by atoms with van der Waals surface area (Å²) in [7, 11) is 0. The molecule has 0 bridgehead atoms. The lowest BCUT2D eigenvalue weighted by molar-refractivity contribution is 0.0758. The quantitative estimate of drug-likeness (QED) is 0.795. The Morgan fingerprint density at radius 2 is 1.62 bits per heavy atom. The average Bonchev–Trinajstić information content (AvgIpc) is 3.13. The minimum Gasteiger partial charge on any atom is -0.491 e. The van der Waals surface area contributed by atoms with Gasteiger partial charge < -0.3 is 14.7 Å². The third-order valence-corrected chi connectivity index (χ3v) is 4.26. The monoisotopic (exact) mass is 325 g/mol. The predicted octanol–water partition coefficient (Wildman–Crippen LogP) is 2.75. The van der Waals surface area contributed by atoms with Gasteiger partial charge in [0, 0.05) is 17.7 Å². The van der Waals surface area contributed by atoms with Crippen LogP contribution in [0.2, 0.25) is 0 Å². The summed E-state index contributed by atoms with van der Waals surface area (Å²) >= 11 is 0. The molecule has 3 rings (SSSR count). The topological polar surface area (TPSA) is 49.8 Å². The van der Waals surface area contributed by atoms with Crippen LogP contribution in [0.4, 0.5) is 0 Å². The van der Waals surface area contributed by atoms with Crippen molar-refractivity contribution in [3.05, 3.63) is 65.7 Å². The number of hydrogen-bond acceptors (Lipinski definition) is 4. The number of aliphatic hydroxyl groups is 1. The Kier molecular flexibility index (Phi) is 5.62. The number of aliphatic hydroxyl groups excluding tert-OH is 1. The summed E-state index contributed by atoms with van der Waals surface area (Å²) in [5.74, 6) is 0.663. The molecule has 0 unspecified atom stereocenters. The highest BCUT2D eigenvalue weighted by Crippen LogP contribution is 2.16. The minimum absolute atomic E-state index is 0.00350. The van der Waals surface area contributed by atoms with Crippen LogP contribution < -0.4 is 4.74 Å². The highest BCUT2D eigenvalue weighted by molar-refractivity contribution is 6.08. The lowest BCUT2D eigenvalue weighted by Crippen LogP contribution is -2.33. The molecule has 2 aromatic rings. The first-order valence-corrected chi connectivity index (χ1v) is 8.45. The zero-order valence-electron chi connectivity index (χ0n) is 13.7. The van der Waals surface area contributed by atoms with Crippen LogP contribution in [0.5, 0.6) is 5.75 Å². The van der Waals surface area contributed by atoms with Gasteiger partial charge >= 0.3 is 0 Å². The highest BCUT2D eigenvalue weighted by Gasteiger charge is 2.16. The first-order valence-electron chi connectivity index (χ1n) is 8.45. The third kappa shape index (κ3) is 4.43. The first-order chi connectivity index (χ1) is 11.7. The predicted molar refractivity (Wildman–Crippen MR) is 93.5 cm³/mol. The van der Waals surface area contributed by atoms with Crippen molar-refractivity contribution in [2.45, 2.75) is 18.9 Å². The number of β-amino-alcohol motifs (C(OH)–C–C–N with tert-alkyl or cyclic N) is 1. The highest BCUT2D eigenvalue weighted by atomic mass is 16.5. The summed E-state index contributed by atoms with van der Waals surface area (Å²) in [6, 6.07) is 16.3. The molecule has 1 fully saturated rings. The van der Waals surface area contributed by atoms with Crippen LogP contribution in [-0.4, -0.2) is 48.1 Å². The van der Waals surface area contributed by atoms with E-state index >= 15 is 0 Å². The summed E-state index contributed by atoms with van der Waals surface area (Å²) < 4.78 is 5.63. The van der Waals surface area contributed by atoms with Crippen molar-refractivity contribution < 1.29 is 14.6 Å². The van der Waals surface area contributed by atoms with Gasteiger partial charge in [0.2, 0.25) is 0 Å². The SMILES string of the molecule is O=C(c1ccccc1)c1ccc(OC[C@H](O)CN2CCCC2)cc1. The number of nitrogens with zero attached hydrogens (tertiary/aromatic N) is 1. The molecule has 2 aromatic carbocycles. The fourth-order valence-electron chi connectivity index (χ4n) is 2.97. The van der Waals surface area contributed by atoms with Gasteiger partial charge in [-0.2, -0.15) is 0 Å². The molecular weight excluding hydrogens is 302 g/mol. The molecule has 0 saturated carbocycles. The molecule has 0 spiro atoms. The second-order valence-corrected chi connectivity index (χ2v) is 6.19. The van der Waals surface area contributed by atoms with Gasteiger partial charge in [-0.25, -0.2) is 0 Å². The van der Waals surface area contributed by atoms with Crippen LogP contribution >= 0.6 is 0 Å². The summed E-state index contributed by atoms with van der Waals surface area (Å²) in [6.45, 7) is 3.05. The van der Waals surface area contributed by atoms with Crippen molar-refractivity contribution >= 4 is 5.78 Å². The van der Waals surface area contributed by atoms with Crippen LogP contribution in [-0.2, 0) is 0 Å². The van der Waals surface area contributed by atoms with E-state index in [0.29, 0.717) is 23.4 Å². The van der Waals surface area contributed by atoms with Crippen molar-refractivity contribution in [3.8, 4) is 5.75 Å². The summed E-state index contributed by atoms with van der Waals surface area (Å²) in [5, 5.41) is 10.0. The van der Waals surface area contributed by atoms with E-state index in [2.05, 4.69) is 4.90 Å². The van der Waals surface area contributed by atoms with Gasteiger partial charge in [-0.05, 0) is 50.2 Å². The molecule has 126 valence electrons. The Labute approximate surface area is 142 Å². The van der Waals surface area contributed by atoms with E-state index in [1.54, 1.807) is 24.3 Å². The number of ether oxygens (including phenoxy) is 1. The second-order valence-electron chi connectivity index (χ2n) is 6.19. The number of carbonyl (C=O) groups excluding carboxylic acids is 1. The largest absolute Gasteiger partial charge is 0.491 e. The van der Waals surface area contributed by atoms with Crippen molar-refractivity contribution in [1.29, 1.82) is 0 Å². The van der Waals surface area contributed by atoms with Crippen LogP contribution in [0.3, 0.4) is 0 Å². The first kappa shape index (κ1) is 16.7. The van der Waals surface area contributed by atoms with E-state index in [-0.39, 0.29) is 12.4 Å². The van der Waals surface area contributed by atoms with Crippen molar-refractivity contribution in [3.63, 3.8) is 0 Å². The molecule has 0 aliphatic carbocycles. The van der Waals surface area contributed by atoms with E-state index in [4.69, 9.17) is 4.74 Å². The Morgan fingerprint density at radius 3 is 2.29 bits per heavy atom. The van der Waals surface area contributed by atoms with Gasteiger partial charge in [0.1, 0.15) is 18.5 Å². The molecule has 0 radical (unpaired) electrons. The van der Waals surface area contributed by atoms with Gasteiger partial charge in [-0.3, -0.25) is 4.79 Å². The molecule has 24 heavy (non-hydrogen) atoms. The maximum absolute atomic E-state index is 12.3. The lowest BCUT2D eigenvalue weighted by Gasteiger charge is -2.19. The summed E-state index contributed by atoms with van der Waals surface area (Å²) in [5.41, 5.74) is 1.30. The molecule has 1 aliphatic heterocycles. The van der Waals surface area contributed by atoms with E-state index in [1.807, 2.05) is 30.3 Å². The molecule has 1 saturated heterocycles. The number of rotatable bonds is 7. The van der Waals surface area contributed by atoms with E-state index in [1.165, 1.54) is 12.8 Å². The van der Waals surface area contributed by atoms with Crippen molar-refractivity contribution in [1.82, 2.24) is 4.90 Å². The standard InChI is InChI=1S/C20H23NO3/c22-18(14-21-12-4-5-13-21)15-24-19-10-8-17(9-11-19)20(23)16-6-2-1-3-7-16/h1-3,6-11,18,22H,4-5,12-15H2/t18-/m1/s1. The smallest absolute Gasteiger partial charge is 0.193 e. The van der Waals surface area contributed by atoms with E-state index < -0.39 is 6.10 Å². The zero-order valence-corrected chi connectivity index (χ0v) is 13.7. The Bertz CT molecular complexity index is 648. The maximum atomic E-state index is 12.3. The lowest BCUT2D eigenvalue weighted by atomic mass is 10.0. The number of benzene rings is 2. The number of hydrogen-bond donors (Lipinski definition) is 1.